The summed E-state index contributed by atoms with van der Waals surface area (Å²) < 4.78 is 5.47. The van der Waals surface area contributed by atoms with Crippen molar-refractivity contribution in [3.8, 4) is 5.75 Å². The van der Waals surface area contributed by atoms with Crippen LogP contribution >= 0.6 is 0 Å². The maximum Gasteiger partial charge on any atom is 0.235 e. The fourth-order valence-electron chi connectivity index (χ4n) is 1.95. The molecule has 3 heteroatoms. The average Bonchev–Trinajstić information content (AvgIpc) is 2.29. The number of hydrogen-bond acceptors (Lipinski definition) is 3. The molecule has 1 aromatic carbocycles. The molecule has 0 heterocycles. The van der Waals surface area contributed by atoms with Gasteiger partial charge in [-0.1, -0.05) is 31.5 Å². The first kappa shape index (κ1) is 13.5. The van der Waals surface area contributed by atoms with Crippen LogP contribution in [0, 0.1) is 0 Å². The van der Waals surface area contributed by atoms with Gasteiger partial charge in [-0.15, -0.1) is 0 Å². The number of benzene rings is 1. The summed E-state index contributed by atoms with van der Waals surface area (Å²) >= 11 is 0. The average molecular weight is 233 g/mol. The van der Waals surface area contributed by atoms with Crippen LogP contribution in [-0.4, -0.2) is 13.2 Å². The molecule has 0 aromatic heterocycles. The van der Waals surface area contributed by atoms with Crippen molar-refractivity contribution in [2.45, 2.75) is 39.2 Å². The van der Waals surface area contributed by atoms with Crippen LogP contribution in [0.2, 0.25) is 0 Å². The second-order valence-corrected chi connectivity index (χ2v) is 4.51. The topological polar surface area (TPSA) is 38.7 Å². The number of para-hydroxylation sites is 1. The highest BCUT2D eigenvalue weighted by atomic mass is 16.5. The Hall–Kier alpha value is -1.60. The van der Waals surface area contributed by atoms with E-state index in [2.05, 4.69) is 11.9 Å². The van der Waals surface area contributed by atoms with E-state index in [0.717, 1.165) is 29.7 Å². The zero-order chi connectivity index (χ0) is 12.9. The van der Waals surface area contributed by atoms with Crippen LogP contribution in [0.3, 0.4) is 0 Å². The Bertz CT molecular complexity index is 432. The summed E-state index contributed by atoms with van der Waals surface area (Å²) in [5, 5.41) is 0. The van der Waals surface area contributed by atoms with Gasteiger partial charge in [-0.05, 0) is 25.8 Å². The Balaban J connectivity index is 3.33. The summed E-state index contributed by atoms with van der Waals surface area (Å²) in [6, 6.07) is 5.97. The molecule has 0 aliphatic carbocycles. The number of hydrogen-bond donors (Lipinski definition) is 0. The Morgan fingerprint density at radius 1 is 1.41 bits per heavy atom. The molecule has 0 fully saturated rings. The van der Waals surface area contributed by atoms with Crippen molar-refractivity contribution in [2.75, 3.05) is 7.11 Å². The highest BCUT2D eigenvalue weighted by Crippen LogP contribution is 2.35. The third-order valence-electron chi connectivity index (χ3n) is 2.80. The van der Waals surface area contributed by atoms with Crippen LogP contribution in [0.1, 0.15) is 38.3 Å². The standard InChI is InChI=1S/C14H19NO2/c1-5-7-11-8-6-9-12(13(11)17-4)14(2,3)15-10-16/h6,8-9H,5,7H2,1-4H3. The predicted molar refractivity (Wildman–Crippen MR) is 68.1 cm³/mol. The largest absolute Gasteiger partial charge is 0.496 e. The molecular weight excluding hydrogens is 214 g/mol. The summed E-state index contributed by atoms with van der Waals surface area (Å²) in [5.74, 6) is 0.832. The summed E-state index contributed by atoms with van der Waals surface area (Å²) in [6.07, 6.45) is 3.64. The first-order valence-electron chi connectivity index (χ1n) is 5.82. The van der Waals surface area contributed by atoms with Crippen LogP contribution in [0.25, 0.3) is 0 Å². The molecule has 1 aromatic rings. The lowest BCUT2D eigenvalue weighted by molar-refractivity contribution is 0.389. The molecule has 3 nitrogen and oxygen atoms in total. The zero-order valence-corrected chi connectivity index (χ0v) is 10.9. The Morgan fingerprint density at radius 2 is 2.12 bits per heavy atom. The number of isocyanates is 1. The monoisotopic (exact) mass is 233 g/mol. The van der Waals surface area contributed by atoms with Gasteiger partial charge in [-0.2, -0.15) is 4.99 Å². The molecule has 1 rings (SSSR count). The number of carbonyl (C=O) groups excluding carboxylic acids is 1. The van der Waals surface area contributed by atoms with E-state index in [9.17, 15) is 4.79 Å². The third-order valence-corrected chi connectivity index (χ3v) is 2.80. The molecule has 0 aliphatic heterocycles. The number of ether oxygens (including phenoxy) is 1. The lowest BCUT2D eigenvalue weighted by Crippen LogP contribution is -2.15. The molecule has 0 spiro atoms. The normalized spacial score (nSPS) is 10.8. The highest BCUT2D eigenvalue weighted by Gasteiger charge is 2.24. The van der Waals surface area contributed by atoms with Crippen molar-refractivity contribution in [3.05, 3.63) is 29.3 Å². The fourth-order valence-corrected chi connectivity index (χ4v) is 1.95. The molecule has 0 aliphatic rings. The second kappa shape index (κ2) is 5.65. The van der Waals surface area contributed by atoms with Gasteiger partial charge in [-0.25, -0.2) is 4.79 Å². The van der Waals surface area contributed by atoms with Gasteiger partial charge in [0.25, 0.3) is 0 Å². The highest BCUT2D eigenvalue weighted by molar-refractivity contribution is 5.47. The molecule has 92 valence electrons. The molecule has 17 heavy (non-hydrogen) atoms. The smallest absolute Gasteiger partial charge is 0.235 e. The molecule has 0 amide bonds. The first-order chi connectivity index (χ1) is 8.06. The van der Waals surface area contributed by atoms with E-state index in [1.54, 1.807) is 13.2 Å². The lowest BCUT2D eigenvalue weighted by Gasteiger charge is -2.22. The van der Waals surface area contributed by atoms with E-state index in [1.165, 1.54) is 0 Å². The van der Waals surface area contributed by atoms with Crippen molar-refractivity contribution < 1.29 is 9.53 Å². The Morgan fingerprint density at radius 3 is 2.65 bits per heavy atom. The minimum absolute atomic E-state index is 0.600. The van der Waals surface area contributed by atoms with Crippen LogP contribution in [0.15, 0.2) is 23.2 Å². The van der Waals surface area contributed by atoms with Crippen molar-refractivity contribution in [1.29, 1.82) is 0 Å². The molecule has 0 atom stereocenters. The molecule has 0 bridgehead atoms. The van der Waals surface area contributed by atoms with Crippen LogP contribution in [0.4, 0.5) is 0 Å². The fraction of sp³-hybridized carbons (Fsp3) is 0.500. The van der Waals surface area contributed by atoms with Crippen LogP contribution < -0.4 is 4.74 Å². The van der Waals surface area contributed by atoms with E-state index in [4.69, 9.17) is 4.74 Å². The molecule has 0 radical (unpaired) electrons. The number of aryl methyl sites for hydroxylation is 1. The Labute approximate surface area is 103 Å². The zero-order valence-electron chi connectivity index (χ0n) is 10.9. The van der Waals surface area contributed by atoms with Gasteiger partial charge in [0.05, 0.1) is 12.6 Å². The molecule has 0 unspecified atom stereocenters. The molecule has 0 saturated carbocycles. The maximum atomic E-state index is 10.5. The number of aliphatic imine (C=N–C) groups is 1. The minimum Gasteiger partial charge on any atom is -0.496 e. The minimum atomic E-state index is -0.600. The summed E-state index contributed by atoms with van der Waals surface area (Å²) in [6.45, 7) is 5.89. The number of nitrogens with zero attached hydrogens (tertiary/aromatic N) is 1. The Kier molecular flexibility index (Phi) is 4.47. The maximum absolute atomic E-state index is 10.5. The molecule has 0 saturated heterocycles. The van der Waals surface area contributed by atoms with E-state index >= 15 is 0 Å². The second-order valence-electron chi connectivity index (χ2n) is 4.51. The van der Waals surface area contributed by atoms with Crippen molar-refractivity contribution in [2.24, 2.45) is 4.99 Å². The van der Waals surface area contributed by atoms with Gasteiger partial charge in [0, 0.05) is 5.56 Å². The van der Waals surface area contributed by atoms with Crippen LogP contribution in [-0.2, 0) is 16.8 Å². The van der Waals surface area contributed by atoms with Gasteiger partial charge in [-0.3, -0.25) is 0 Å². The SMILES string of the molecule is CCCc1cccc(C(C)(C)N=C=O)c1OC. The van der Waals surface area contributed by atoms with Gasteiger partial charge in [0.2, 0.25) is 6.08 Å². The van der Waals surface area contributed by atoms with E-state index in [1.807, 2.05) is 32.0 Å². The van der Waals surface area contributed by atoms with E-state index in [-0.39, 0.29) is 0 Å². The quantitative estimate of drug-likeness (QED) is 0.578. The summed E-state index contributed by atoms with van der Waals surface area (Å²) in [5.41, 5.74) is 1.48. The number of rotatable bonds is 5. The number of methoxy groups -OCH3 is 1. The summed E-state index contributed by atoms with van der Waals surface area (Å²) in [7, 11) is 1.65. The summed E-state index contributed by atoms with van der Waals surface area (Å²) in [4.78, 5) is 14.3. The predicted octanol–water partition coefficient (Wildman–Crippen LogP) is 3.22. The van der Waals surface area contributed by atoms with Crippen molar-refractivity contribution in [3.63, 3.8) is 0 Å². The van der Waals surface area contributed by atoms with E-state index in [0.29, 0.717) is 0 Å². The first-order valence-corrected chi connectivity index (χ1v) is 5.82. The molecular formula is C14H19NO2. The van der Waals surface area contributed by atoms with E-state index < -0.39 is 5.54 Å². The van der Waals surface area contributed by atoms with Gasteiger partial charge in [0.15, 0.2) is 0 Å². The van der Waals surface area contributed by atoms with Crippen molar-refractivity contribution in [1.82, 2.24) is 0 Å². The molecule has 0 N–H and O–H groups in total. The van der Waals surface area contributed by atoms with Gasteiger partial charge >= 0.3 is 0 Å². The third kappa shape index (κ3) is 2.95. The van der Waals surface area contributed by atoms with Gasteiger partial charge in [0.1, 0.15) is 5.75 Å². The lowest BCUT2D eigenvalue weighted by atomic mass is 9.91. The van der Waals surface area contributed by atoms with Crippen molar-refractivity contribution >= 4 is 6.08 Å². The van der Waals surface area contributed by atoms with Crippen LogP contribution in [0.5, 0.6) is 5.75 Å². The van der Waals surface area contributed by atoms with Gasteiger partial charge < -0.3 is 4.74 Å².